The molecule has 0 heterocycles. The van der Waals surface area contributed by atoms with Gasteiger partial charge in [-0.1, -0.05) is 13.3 Å². The Bertz CT molecular complexity index is 520. The summed E-state index contributed by atoms with van der Waals surface area (Å²) in [6.45, 7) is 4.70. The van der Waals surface area contributed by atoms with Crippen LogP contribution in [0.3, 0.4) is 0 Å². The summed E-state index contributed by atoms with van der Waals surface area (Å²) in [5.41, 5.74) is 0.586. The largest absolute Gasteiger partial charge is 0.494 e. The van der Waals surface area contributed by atoms with Gasteiger partial charge >= 0.3 is 11.8 Å². The van der Waals surface area contributed by atoms with Crippen molar-refractivity contribution >= 4 is 17.5 Å². The number of nitrogens with one attached hydrogen (secondary N) is 2. The van der Waals surface area contributed by atoms with E-state index in [4.69, 9.17) is 4.74 Å². The van der Waals surface area contributed by atoms with Crippen LogP contribution in [-0.2, 0) is 9.59 Å². The molecular formula is C18H26N2O3. The molecule has 0 unspecified atom stereocenters. The van der Waals surface area contributed by atoms with Gasteiger partial charge in [-0.25, -0.2) is 0 Å². The van der Waals surface area contributed by atoms with Gasteiger partial charge in [0.1, 0.15) is 5.75 Å². The molecule has 0 bridgehead atoms. The zero-order valence-corrected chi connectivity index (χ0v) is 13.9. The highest BCUT2D eigenvalue weighted by atomic mass is 16.5. The summed E-state index contributed by atoms with van der Waals surface area (Å²) in [4.78, 5) is 24.0. The lowest BCUT2D eigenvalue weighted by molar-refractivity contribution is -0.136. The molecule has 1 aromatic rings. The third-order valence-corrected chi connectivity index (χ3v) is 4.39. The Kier molecular flexibility index (Phi) is 6.44. The van der Waals surface area contributed by atoms with Crippen molar-refractivity contribution in [2.24, 2.45) is 5.92 Å². The van der Waals surface area contributed by atoms with Crippen molar-refractivity contribution in [3.63, 3.8) is 0 Å². The van der Waals surface area contributed by atoms with Gasteiger partial charge in [0.2, 0.25) is 0 Å². The number of ether oxygens (including phenoxy) is 1. The van der Waals surface area contributed by atoms with E-state index in [0.29, 0.717) is 12.3 Å². The van der Waals surface area contributed by atoms with Gasteiger partial charge in [-0.05, 0) is 62.8 Å². The molecule has 0 radical (unpaired) electrons. The van der Waals surface area contributed by atoms with Crippen molar-refractivity contribution in [3.8, 4) is 5.75 Å². The van der Waals surface area contributed by atoms with Crippen LogP contribution >= 0.6 is 0 Å². The third-order valence-electron chi connectivity index (χ3n) is 4.39. The van der Waals surface area contributed by atoms with E-state index in [0.717, 1.165) is 37.4 Å². The van der Waals surface area contributed by atoms with E-state index in [1.54, 1.807) is 24.3 Å². The number of carbonyl (C=O) groups is 2. The lowest BCUT2D eigenvalue weighted by Crippen LogP contribution is -2.43. The van der Waals surface area contributed by atoms with E-state index in [9.17, 15) is 9.59 Å². The van der Waals surface area contributed by atoms with Gasteiger partial charge in [0, 0.05) is 11.7 Å². The molecule has 0 atom stereocenters. The number of rotatable bonds is 5. The minimum Gasteiger partial charge on any atom is -0.494 e. The molecule has 23 heavy (non-hydrogen) atoms. The van der Waals surface area contributed by atoms with Crippen LogP contribution in [0.15, 0.2) is 24.3 Å². The van der Waals surface area contributed by atoms with Crippen molar-refractivity contribution in [2.75, 3.05) is 11.9 Å². The molecule has 1 aliphatic carbocycles. The molecule has 1 aromatic carbocycles. The van der Waals surface area contributed by atoms with E-state index in [1.807, 2.05) is 6.92 Å². The number of anilines is 1. The quantitative estimate of drug-likeness (QED) is 0.820. The summed E-state index contributed by atoms with van der Waals surface area (Å²) in [7, 11) is 0. The Morgan fingerprint density at radius 1 is 1.04 bits per heavy atom. The predicted molar refractivity (Wildman–Crippen MR) is 90.4 cm³/mol. The summed E-state index contributed by atoms with van der Waals surface area (Å²) in [5, 5.41) is 5.45. The minimum atomic E-state index is -0.619. The second kappa shape index (κ2) is 8.56. The molecule has 1 saturated carbocycles. The summed E-state index contributed by atoms with van der Waals surface area (Å²) in [5.74, 6) is 0.328. The first kappa shape index (κ1) is 17.3. The molecule has 5 nitrogen and oxygen atoms in total. The topological polar surface area (TPSA) is 67.4 Å². The lowest BCUT2D eigenvalue weighted by atomic mass is 9.84. The highest BCUT2D eigenvalue weighted by Crippen LogP contribution is 2.26. The van der Waals surface area contributed by atoms with Gasteiger partial charge in [-0.3, -0.25) is 9.59 Å². The number of hydrogen-bond acceptors (Lipinski definition) is 3. The van der Waals surface area contributed by atoms with Crippen LogP contribution in [0.25, 0.3) is 0 Å². The number of carbonyl (C=O) groups excluding carboxylic acids is 2. The molecule has 0 aliphatic heterocycles. The molecular weight excluding hydrogens is 292 g/mol. The van der Waals surface area contributed by atoms with Crippen LogP contribution in [0.1, 0.15) is 46.0 Å². The van der Waals surface area contributed by atoms with Crippen LogP contribution < -0.4 is 15.4 Å². The Hall–Kier alpha value is -2.04. The first-order valence-corrected chi connectivity index (χ1v) is 8.47. The smallest absolute Gasteiger partial charge is 0.313 e. The lowest BCUT2D eigenvalue weighted by Gasteiger charge is -2.28. The normalized spacial score (nSPS) is 20.6. The van der Waals surface area contributed by atoms with Crippen LogP contribution in [0.4, 0.5) is 5.69 Å². The molecule has 0 saturated heterocycles. The monoisotopic (exact) mass is 318 g/mol. The maximum absolute atomic E-state index is 12.0. The molecule has 1 fully saturated rings. The van der Waals surface area contributed by atoms with E-state index >= 15 is 0 Å². The second-order valence-electron chi connectivity index (χ2n) is 6.01. The summed E-state index contributed by atoms with van der Waals surface area (Å²) < 4.78 is 5.34. The van der Waals surface area contributed by atoms with E-state index in [-0.39, 0.29) is 6.04 Å². The Balaban J connectivity index is 1.79. The maximum Gasteiger partial charge on any atom is 0.313 e. The fourth-order valence-corrected chi connectivity index (χ4v) is 2.95. The van der Waals surface area contributed by atoms with Crippen molar-refractivity contribution < 1.29 is 14.3 Å². The van der Waals surface area contributed by atoms with Crippen molar-refractivity contribution in [3.05, 3.63) is 24.3 Å². The van der Waals surface area contributed by atoms with Gasteiger partial charge < -0.3 is 15.4 Å². The fraction of sp³-hybridized carbons (Fsp3) is 0.556. The fourth-order valence-electron chi connectivity index (χ4n) is 2.95. The standard InChI is InChI=1S/C18H26N2O3/c1-3-13-5-7-14(8-6-13)19-17(21)18(22)20-15-9-11-16(12-10-15)23-4-2/h9-14H,3-8H2,1-2H3,(H,19,21)(H,20,22). The Morgan fingerprint density at radius 2 is 1.70 bits per heavy atom. The minimum absolute atomic E-state index is 0.122. The molecule has 1 aliphatic rings. The average Bonchev–Trinajstić information content (AvgIpc) is 2.57. The zero-order chi connectivity index (χ0) is 16.7. The molecule has 2 rings (SSSR count). The van der Waals surface area contributed by atoms with Crippen molar-refractivity contribution in [2.45, 2.75) is 52.0 Å². The van der Waals surface area contributed by atoms with E-state index in [1.165, 1.54) is 6.42 Å². The van der Waals surface area contributed by atoms with Crippen molar-refractivity contribution in [1.29, 1.82) is 0 Å². The SMILES string of the molecule is CCOc1ccc(NC(=O)C(=O)NC2CCC(CC)CC2)cc1. The second-order valence-corrected chi connectivity index (χ2v) is 6.01. The van der Waals surface area contributed by atoms with Crippen LogP contribution in [0, 0.1) is 5.92 Å². The first-order valence-electron chi connectivity index (χ1n) is 8.47. The van der Waals surface area contributed by atoms with Crippen LogP contribution in [0.5, 0.6) is 5.75 Å². The molecule has 5 heteroatoms. The number of amides is 2. The van der Waals surface area contributed by atoms with Crippen LogP contribution in [-0.4, -0.2) is 24.5 Å². The van der Waals surface area contributed by atoms with E-state index < -0.39 is 11.8 Å². The van der Waals surface area contributed by atoms with Gasteiger partial charge in [0.15, 0.2) is 0 Å². The molecule has 0 spiro atoms. The Labute approximate surface area is 137 Å². The highest BCUT2D eigenvalue weighted by molar-refractivity contribution is 6.39. The van der Waals surface area contributed by atoms with Gasteiger partial charge in [-0.2, -0.15) is 0 Å². The van der Waals surface area contributed by atoms with Gasteiger partial charge in [0.05, 0.1) is 6.61 Å². The average molecular weight is 318 g/mol. The van der Waals surface area contributed by atoms with Crippen molar-refractivity contribution in [1.82, 2.24) is 5.32 Å². The first-order chi connectivity index (χ1) is 11.1. The zero-order valence-electron chi connectivity index (χ0n) is 13.9. The molecule has 2 amide bonds. The Morgan fingerprint density at radius 3 is 2.26 bits per heavy atom. The van der Waals surface area contributed by atoms with Gasteiger partial charge in [-0.15, -0.1) is 0 Å². The number of hydrogen-bond donors (Lipinski definition) is 2. The molecule has 126 valence electrons. The maximum atomic E-state index is 12.0. The number of benzene rings is 1. The third kappa shape index (κ3) is 5.27. The molecule has 2 N–H and O–H groups in total. The van der Waals surface area contributed by atoms with Crippen LogP contribution in [0.2, 0.25) is 0 Å². The molecule has 0 aromatic heterocycles. The summed E-state index contributed by atoms with van der Waals surface area (Å²) in [6.07, 6.45) is 5.37. The predicted octanol–water partition coefficient (Wildman–Crippen LogP) is 3.11. The summed E-state index contributed by atoms with van der Waals surface area (Å²) >= 11 is 0. The van der Waals surface area contributed by atoms with Gasteiger partial charge in [0.25, 0.3) is 0 Å². The van der Waals surface area contributed by atoms with E-state index in [2.05, 4.69) is 17.6 Å². The highest BCUT2D eigenvalue weighted by Gasteiger charge is 2.23. The summed E-state index contributed by atoms with van der Waals surface area (Å²) in [6, 6.07) is 7.11.